The number of allylic oxidation sites excluding steroid dienone is 2. The Morgan fingerprint density at radius 3 is 2.65 bits per heavy atom. The van der Waals surface area contributed by atoms with Gasteiger partial charge in [-0.3, -0.25) is 4.58 Å². The van der Waals surface area contributed by atoms with Crippen molar-refractivity contribution in [3.05, 3.63) is 102 Å². The average molecular weight is 466 g/mol. The molecule has 0 spiro atoms. The summed E-state index contributed by atoms with van der Waals surface area (Å²) in [5, 5.41) is 2.52. The maximum Gasteiger partial charge on any atom is 0.159 e. The predicted molar refractivity (Wildman–Crippen MR) is 143 cm³/mol. The zero-order valence-electron chi connectivity index (χ0n) is 19.5. The Bertz CT molecular complexity index is 1470. The lowest BCUT2D eigenvalue weighted by Gasteiger charge is -2.22. The Morgan fingerprint density at radius 1 is 1.06 bits per heavy atom. The number of benzene rings is 3. The van der Waals surface area contributed by atoms with Crippen molar-refractivity contribution in [2.75, 3.05) is 0 Å². The minimum atomic E-state index is -0.206. The number of thiophene rings is 1. The van der Waals surface area contributed by atoms with Gasteiger partial charge >= 0.3 is 0 Å². The highest BCUT2D eigenvalue weighted by atomic mass is 32.1. The van der Waals surface area contributed by atoms with Crippen LogP contribution in [0.25, 0.3) is 31.3 Å². The van der Waals surface area contributed by atoms with Crippen molar-refractivity contribution in [2.45, 2.75) is 39.0 Å². The van der Waals surface area contributed by atoms with Crippen molar-refractivity contribution in [3.8, 4) is 11.1 Å². The highest BCUT2D eigenvalue weighted by molar-refractivity contribution is 7.26. The topological polar surface area (TPSA) is 3.01 Å². The predicted octanol–water partition coefficient (Wildman–Crippen LogP) is 8.80. The second-order valence-electron chi connectivity index (χ2n) is 9.70. The molecule has 2 heterocycles. The lowest BCUT2D eigenvalue weighted by molar-refractivity contribution is -0.417. The molecule has 6 rings (SSSR count). The molecule has 1 aliphatic heterocycles. The lowest BCUT2D eigenvalue weighted by Crippen LogP contribution is -2.16. The van der Waals surface area contributed by atoms with Gasteiger partial charge in [0, 0.05) is 5.56 Å². The SMILES string of the molecule is C=[N+]1C=CC(CC2CCCC2)=C[C-]1c1c(C)ccc2c1[s+][c-]1ccc(-c3ccc(F)cc3)cc21. The molecule has 1 nitrogen and oxygen atoms in total. The first-order valence-electron chi connectivity index (χ1n) is 12.1. The Balaban J connectivity index is 1.45. The first-order valence-corrected chi connectivity index (χ1v) is 13.0. The molecule has 0 radical (unpaired) electrons. The van der Waals surface area contributed by atoms with E-state index in [-0.39, 0.29) is 5.82 Å². The van der Waals surface area contributed by atoms with E-state index in [1.165, 1.54) is 80.7 Å². The smallest absolute Gasteiger partial charge is 0.159 e. The van der Waals surface area contributed by atoms with E-state index in [2.05, 4.69) is 62.3 Å². The third-order valence-electron chi connectivity index (χ3n) is 7.38. The monoisotopic (exact) mass is 465 g/mol. The molecule has 1 fully saturated rings. The summed E-state index contributed by atoms with van der Waals surface area (Å²) in [6.45, 7) is 6.52. The molecule has 0 N–H and O–H groups in total. The van der Waals surface area contributed by atoms with Crippen LogP contribution in [0.2, 0.25) is 0 Å². The number of hydrogen-bond donors (Lipinski definition) is 0. The van der Waals surface area contributed by atoms with E-state index in [0.717, 1.165) is 23.5 Å². The third-order valence-corrected chi connectivity index (χ3v) is 8.58. The Morgan fingerprint density at radius 2 is 1.85 bits per heavy atom. The van der Waals surface area contributed by atoms with Gasteiger partial charge in [-0.15, -0.1) is 12.1 Å². The quantitative estimate of drug-likeness (QED) is 0.161. The molecular formula is C31H28FNS. The fourth-order valence-electron chi connectivity index (χ4n) is 5.54. The second-order valence-corrected chi connectivity index (χ2v) is 10.8. The van der Waals surface area contributed by atoms with Crippen LogP contribution in [0.4, 0.5) is 4.39 Å². The van der Waals surface area contributed by atoms with Crippen LogP contribution in [0.5, 0.6) is 0 Å². The molecule has 0 bridgehead atoms. The van der Waals surface area contributed by atoms with Crippen molar-refractivity contribution in [1.82, 2.24) is 0 Å². The molecule has 3 aromatic carbocycles. The minimum Gasteiger partial charge on any atom is -0.255 e. The summed E-state index contributed by atoms with van der Waals surface area (Å²) in [5.74, 6) is 0.613. The first kappa shape index (κ1) is 21.4. The zero-order valence-corrected chi connectivity index (χ0v) is 20.3. The van der Waals surface area contributed by atoms with Crippen LogP contribution in [0, 0.1) is 24.7 Å². The van der Waals surface area contributed by atoms with E-state index >= 15 is 0 Å². The summed E-state index contributed by atoms with van der Waals surface area (Å²) in [4.78, 5) is 0. The molecule has 4 aromatic rings. The van der Waals surface area contributed by atoms with Crippen LogP contribution in [0.15, 0.2) is 78.5 Å². The number of hydrogen-bond acceptors (Lipinski definition) is 0. The lowest BCUT2D eigenvalue weighted by atomic mass is 9.91. The van der Waals surface area contributed by atoms with E-state index in [0.29, 0.717) is 0 Å². The molecule has 0 saturated heterocycles. The summed E-state index contributed by atoms with van der Waals surface area (Å²) >= 11 is 1.85. The van der Waals surface area contributed by atoms with Gasteiger partial charge in [0.05, 0.1) is 6.72 Å². The van der Waals surface area contributed by atoms with Gasteiger partial charge in [-0.2, -0.15) is 0 Å². The van der Waals surface area contributed by atoms with Crippen LogP contribution < -0.4 is 0 Å². The average Bonchev–Trinajstić information content (AvgIpc) is 3.48. The highest BCUT2D eigenvalue weighted by Crippen LogP contribution is 2.43. The van der Waals surface area contributed by atoms with E-state index < -0.39 is 0 Å². The second kappa shape index (κ2) is 8.56. The molecule has 2 aliphatic rings. The van der Waals surface area contributed by atoms with Gasteiger partial charge < -0.3 is 0 Å². The van der Waals surface area contributed by atoms with E-state index in [9.17, 15) is 4.39 Å². The van der Waals surface area contributed by atoms with Crippen LogP contribution in [0.3, 0.4) is 0 Å². The van der Waals surface area contributed by atoms with Crippen molar-refractivity contribution in [1.29, 1.82) is 0 Å². The van der Waals surface area contributed by atoms with E-state index in [1.54, 1.807) is 0 Å². The van der Waals surface area contributed by atoms with Crippen LogP contribution in [0.1, 0.15) is 43.2 Å². The maximum atomic E-state index is 13.4. The van der Waals surface area contributed by atoms with E-state index in [1.807, 2.05) is 28.0 Å². The van der Waals surface area contributed by atoms with Crippen molar-refractivity contribution < 1.29 is 8.97 Å². The van der Waals surface area contributed by atoms with Gasteiger partial charge in [0.1, 0.15) is 23.4 Å². The van der Waals surface area contributed by atoms with E-state index in [4.69, 9.17) is 0 Å². The van der Waals surface area contributed by atoms with Crippen molar-refractivity contribution in [2.24, 2.45) is 5.92 Å². The molecule has 1 saturated carbocycles. The Kier molecular flexibility index (Phi) is 5.38. The van der Waals surface area contributed by atoms with Gasteiger partial charge in [-0.05, 0) is 41.5 Å². The number of rotatable bonds is 4. The number of aryl methyl sites for hydroxylation is 1. The van der Waals surface area contributed by atoms with Gasteiger partial charge in [-0.1, -0.05) is 91.1 Å². The summed E-state index contributed by atoms with van der Waals surface area (Å²) < 4.78 is 18.0. The highest BCUT2D eigenvalue weighted by Gasteiger charge is 2.26. The zero-order chi connectivity index (χ0) is 23.2. The van der Waals surface area contributed by atoms with Gasteiger partial charge in [0.25, 0.3) is 0 Å². The van der Waals surface area contributed by atoms with Crippen molar-refractivity contribution >= 4 is 38.2 Å². The molecule has 170 valence electrons. The number of halogens is 1. The molecule has 1 aromatic heterocycles. The summed E-state index contributed by atoms with van der Waals surface area (Å²) in [6, 6.07) is 19.0. The summed E-state index contributed by atoms with van der Waals surface area (Å²) in [7, 11) is 0. The van der Waals surface area contributed by atoms with Crippen LogP contribution in [-0.4, -0.2) is 11.3 Å². The standard InChI is InChI=1S/C31H28FNS/c1-20-7-13-26-27-19-24(23-8-11-25(32)12-9-23)10-14-29(27)34-31(26)30(20)28-18-22(15-16-33(28)2)17-21-5-3-4-6-21/h7-16,18-19,21H,2-6,17H2,1H3. The van der Waals surface area contributed by atoms with Crippen LogP contribution >= 0.6 is 11.3 Å². The number of fused-ring (bicyclic) bond motifs is 3. The molecule has 0 amide bonds. The molecule has 34 heavy (non-hydrogen) atoms. The van der Waals surface area contributed by atoms with Gasteiger partial charge in [0.2, 0.25) is 0 Å². The number of nitrogens with zero attached hydrogens (tertiary/aromatic N) is 1. The third kappa shape index (κ3) is 3.78. The van der Waals surface area contributed by atoms with Crippen molar-refractivity contribution in [3.63, 3.8) is 0 Å². The van der Waals surface area contributed by atoms with Gasteiger partial charge in [-0.25, -0.2) is 4.39 Å². The summed E-state index contributed by atoms with van der Waals surface area (Å²) in [6.07, 6.45) is 13.4. The fourth-order valence-corrected chi connectivity index (χ4v) is 6.83. The molecule has 0 atom stereocenters. The Hall–Kier alpha value is -3.17. The first-order chi connectivity index (χ1) is 16.6. The molecule has 0 unspecified atom stereocenters. The largest absolute Gasteiger partial charge is 0.255 e. The normalized spacial score (nSPS) is 16.7. The maximum absolute atomic E-state index is 13.4. The Labute approximate surface area is 204 Å². The van der Waals surface area contributed by atoms with Gasteiger partial charge in [0.15, 0.2) is 15.4 Å². The molecule has 3 heteroatoms. The molecule has 1 aliphatic carbocycles. The summed E-state index contributed by atoms with van der Waals surface area (Å²) in [5.41, 5.74) is 6.11. The molecular weight excluding hydrogens is 437 g/mol. The fraction of sp³-hybridized carbons (Fsp3) is 0.226. The minimum absolute atomic E-state index is 0.206. The van der Waals surface area contributed by atoms with Crippen LogP contribution in [-0.2, 0) is 0 Å².